The van der Waals surface area contributed by atoms with Crippen LogP contribution in [0.4, 0.5) is 0 Å². The fraction of sp³-hybridized carbons (Fsp3) is 0.655. The molecule has 2 atom stereocenters. The van der Waals surface area contributed by atoms with E-state index >= 15 is 0 Å². The van der Waals surface area contributed by atoms with Crippen molar-refractivity contribution in [3.63, 3.8) is 0 Å². The van der Waals surface area contributed by atoms with Crippen LogP contribution in [0.25, 0.3) is 0 Å². The minimum atomic E-state index is -0.753. The summed E-state index contributed by atoms with van der Waals surface area (Å²) < 4.78 is 0. The third kappa shape index (κ3) is 8.28. The van der Waals surface area contributed by atoms with Crippen LogP contribution in [0.15, 0.2) is 24.3 Å². The second kappa shape index (κ2) is 13.2. The molecule has 9 heteroatoms. The number of carbonyl (C=O) groups excluding carboxylic acids is 4. The third-order valence-corrected chi connectivity index (χ3v) is 7.88. The van der Waals surface area contributed by atoms with Gasteiger partial charge in [-0.15, -0.1) is 0 Å². The standard InChI is InChI=1S/C29H44N4O5/c1-19-9-11-21(12-10-19)26(35)30-23-13-15-33(16-14-23)28(37)25(29(2,3)4)31-27(36)22(18-24(34)32-38)17-20-7-5-6-8-20/h9-12,20,22-23,25,38H,5-8,13-18H2,1-4H3,(H,30,35)(H,31,36)(H,32,34)/t22-,25-/m0/s1. The van der Waals surface area contributed by atoms with Crippen LogP contribution in [0.1, 0.15) is 88.1 Å². The molecule has 4 N–H and O–H groups in total. The smallest absolute Gasteiger partial charge is 0.251 e. The Balaban J connectivity index is 1.60. The second-order valence-corrected chi connectivity index (χ2v) is 12.1. The molecule has 1 heterocycles. The van der Waals surface area contributed by atoms with Gasteiger partial charge in [0.1, 0.15) is 6.04 Å². The molecule has 0 bridgehead atoms. The number of hydrogen-bond donors (Lipinski definition) is 4. The van der Waals surface area contributed by atoms with E-state index in [9.17, 15) is 19.2 Å². The van der Waals surface area contributed by atoms with Crippen molar-refractivity contribution in [3.05, 3.63) is 35.4 Å². The molecule has 0 unspecified atom stereocenters. The molecule has 38 heavy (non-hydrogen) atoms. The first kappa shape index (κ1) is 29.6. The molecule has 2 fully saturated rings. The monoisotopic (exact) mass is 528 g/mol. The highest BCUT2D eigenvalue weighted by Crippen LogP contribution is 2.32. The maximum Gasteiger partial charge on any atom is 0.251 e. The highest BCUT2D eigenvalue weighted by Gasteiger charge is 2.39. The summed E-state index contributed by atoms with van der Waals surface area (Å²) in [4.78, 5) is 53.3. The van der Waals surface area contributed by atoms with Crippen molar-refractivity contribution in [2.75, 3.05) is 13.1 Å². The van der Waals surface area contributed by atoms with Crippen molar-refractivity contribution < 1.29 is 24.4 Å². The van der Waals surface area contributed by atoms with E-state index in [0.29, 0.717) is 43.8 Å². The van der Waals surface area contributed by atoms with Crippen LogP contribution in [0.5, 0.6) is 0 Å². The lowest BCUT2D eigenvalue weighted by Gasteiger charge is -2.39. The van der Waals surface area contributed by atoms with Crippen molar-refractivity contribution >= 4 is 23.6 Å². The first-order valence-electron chi connectivity index (χ1n) is 13.9. The third-order valence-electron chi connectivity index (χ3n) is 7.88. The van der Waals surface area contributed by atoms with Crippen LogP contribution in [0, 0.1) is 24.2 Å². The summed E-state index contributed by atoms with van der Waals surface area (Å²) >= 11 is 0. The van der Waals surface area contributed by atoms with Gasteiger partial charge in [0.15, 0.2) is 0 Å². The molecular formula is C29H44N4O5. The van der Waals surface area contributed by atoms with Crippen molar-refractivity contribution in [1.82, 2.24) is 21.0 Å². The molecule has 1 aromatic carbocycles. The molecular weight excluding hydrogens is 484 g/mol. The number of nitrogens with one attached hydrogen (secondary N) is 3. The van der Waals surface area contributed by atoms with Gasteiger partial charge in [0, 0.05) is 37.0 Å². The van der Waals surface area contributed by atoms with Crippen LogP contribution in [-0.4, -0.2) is 58.9 Å². The Labute approximate surface area is 226 Å². The molecule has 0 spiro atoms. The predicted octanol–water partition coefficient (Wildman–Crippen LogP) is 3.34. The first-order chi connectivity index (χ1) is 18.0. The number of aryl methyl sites for hydroxylation is 1. The summed E-state index contributed by atoms with van der Waals surface area (Å²) in [5.74, 6) is -1.43. The molecule has 0 aromatic heterocycles. The summed E-state index contributed by atoms with van der Waals surface area (Å²) in [5, 5.41) is 15.1. The number of carbonyl (C=O) groups is 4. The van der Waals surface area contributed by atoms with Crippen LogP contribution in [-0.2, 0) is 14.4 Å². The Kier molecular flexibility index (Phi) is 10.3. The van der Waals surface area contributed by atoms with Crippen LogP contribution >= 0.6 is 0 Å². The quantitative estimate of drug-likeness (QED) is 0.289. The van der Waals surface area contributed by atoms with Crippen molar-refractivity contribution in [3.8, 4) is 0 Å². The van der Waals surface area contributed by atoms with E-state index in [-0.39, 0.29) is 30.2 Å². The van der Waals surface area contributed by atoms with E-state index in [1.165, 1.54) is 0 Å². The van der Waals surface area contributed by atoms with E-state index in [2.05, 4.69) is 10.6 Å². The van der Waals surface area contributed by atoms with Gasteiger partial charge in [-0.05, 0) is 49.7 Å². The maximum atomic E-state index is 13.6. The fourth-order valence-corrected chi connectivity index (χ4v) is 5.51. The Morgan fingerprint density at radius 3 is 2.16 bits per heavy atom. The number of amides is 4. The van der Waals surface area contributed by atoms with E-state index in [4.69, 9.17) is 5.21 Å². The largest absolute Gasteiger partial charge is 0.349 e. The van der Waals surface area contributed by atoms with Crippen LogP contribution < -0.4 is 16.1 Å². The molecule has 210 valence electrons. The zero-order valence-corrected chi connectivity index (χ0v) is 23.2. The van der Waals surface area contributed by atoms with Crippen LogP contribution in [0.3, 0.4) is 0 Å². The normalized spacial score (nSPS) is 18.5. The van der Waals surface area contributed by atoms with Gasteiger partial charge in [-0.1, -0.05) is 64.2 Å². The topological polar surface area (TPSA) is 128 Å². The Morgan fingerprint density at radius 2 is 1.61 bits per heavy atom. The molecule has 1 aliphatic heterocycles. The molecule has 1 saturated carbocycles. The summed E-state index contributed by atoms with van der Waals surface area (Å²) in [7, 11) is 0. The number of rotatable bonds is 9. The minimum absolute atomic E-state index is 0.0247. The summed E-state index contributed by atoms with van der Waals surface area (Å²) in [6.45, 7) is 8.69. The number of benzene rings is 1. The molecule has 1 aliphatic carbocycles. The highest BCUT2D eigenvalue weighted by atomic mass is 16.5. The van der Waals surface area contributed by atoms with Crippen molar-refractivity contribution in [2.24, 2.45) is 17.3 Å². The van der Waals surface area contributed by atoms with Gasteiger partial charge in [0.05, 0.1) is 0 Å². The average molecular weight is 529 g/mol. The Hall–Kier alpha value is -2.94. The number of nitrogens with zero attached hydrogens (tertiary/aromatic N) is 1. The summed E-state index contributed by atoms with van der Waals surface area (Å²) in [6, 6.07) is 6.66. The van der Waals surface area contributed by atoms with Gasteiger partial charge in [-0.3, -0.25) is 24.4 Å². The molecule has 1 aromatic rings. The van der Waals surface area contributed by atoms with E-state index in [1.54, 1.807) is 10.4 Å². The second-order valence-electron chi connectivity index (χ2n) is 12.1. The van der Waals surface area contributed by atoms with Gasteiger partial charge >= 0.3 is 0 Å². The van der Waals surface area contributed by atoms with Gasteiger partial charge in [0.2, 0.25) is 17.7 Å². The summed E-state index contributed by atoms with van der Waals surface area (Å²) in [5.41, 5.74) is 2.81. The maximum absolute atomic E-state index is 13.6. The Bertz CT molecular complexity index is 974. The number of hydrogen-bond acceptors (Lipinski definition) is 5. The van der Waals surface area contributed by atoms with Crippen LogP contribution in [0.2, 0.25) is 0 Å². The molecule has 4 amide bonds. The number of hydroxylamine groups is 1. The number of piperidine rings is 1. The van der Waals surface area contributed by atoms with Crippen molar-refractivity contribution in [1.29, 1.82) is 0 Å². The fourth-order valence-electron chi connectivity index (χ4n) is 5.51. The number of likely N-dealkylation sites (tertiary alicyclic amines) is 1. The van der Waals surface area contributed by atoms with Gasteiger partial charge < -0.3 is 15.5 Å². The van der Waals surface area contributed by atoms with Crippen molar-refractivity contribution in [2.45, 2.75) is 91.1 Å². The van der Waals surface area contributed by atoms with Gasteiger partial charge in [-0.25, -0.2) is 5.48 Å². The zero-order chi connectivity index (χ0) is 27.9. The lowest BCUT2D eigenvalue weighted by molar-refractivity contribution is -0.142. The lowest BCUT2D eigenvalue weighted by atomic mass is 9.84. The lowest BCUT2D eigenvalue weighted by Crippen LogP contribution is -2.58. The molecule has 3 rings (SSSR count). The zero-order valence-electron chi connectivity index (χ0n) is 23.2. The molecule has 0 radical (unpaired) electrons. The van der Waals surface area contributed by atoms with Gasteiger partial charge in [-0.2, -0.15) is 0 Å². The van der Waals surface area contributed by atoms with E-state index in [1.807, 2.05) is 52.0 Å². The average Bonchev–Trinajstić information content (AvgIpc) is 3.39. The predicted molar refractivity (Wildman–Crippen MR) is 144 cm³/mol. The first-order valence-corrected chi connectivity index (χ1v) is 13.9. The van der Waals surface area contributed by atoms with E-state index in [0.717, 1.165) is 31.2 Å². The van der Waals surface area contributed by atoms with Gasteiger partial charge in [0.25, 0.3) is 5.91 Å². The Morgan fingerprint density at radius 1 is 1.00 bits per heavy atom. The van der Waals surface area contributed by atoms with E-state index < -0.39 is 23.3 Å². The minimum Gasteiger partial charge on any atom is -0.349 e. The summed E-state index contributed by atoms with van der Waals surface area (Å²) in [6.07, 6.45) is 6.02. The molecule has 2 aliphatic rings. The molecule has 1 saturated heterocycles. The molecule has 9 nitrogen and oxygen atoms in total. The SMILES string of the molecule is Cc1ccc(C(=O)NC2CCN(C(=O)[C@H](NC(=O)[C@H](CC(=O)NO)CC3CCCC3)C(C)(C)C)CC2)cc1. The highest BCUT2D eigenvalue weighted by molar-refractivity contribution is 5.94.